The van der Waals surface area contributed by atoms with Gasteiger partial charge in [-0.2, -0.15) is 0 Å². The molecule has 2 aliphatic rings. The largest absolute Gasteiger partial charge is 0.377 e. The van der Waals surface area contributed by atoms with E-state index in [2.05, 4.69) is 12.2 Å². The van der Waals surface area contributed by atoms with Crippen LogP contribution in [0.2, 0.25) is 0 Å². The van der Waals surface area contributed by atoms with Gasteiger partial charge in [0, 0.05) is 19.2 Å². The molecule has 1 saturated carbocycles. The summed E-state index contributed by atoms with van der Waals surface area (Å²) in [5.74, 6) is 1.04. The van der Waals surface area contributed by atoms with Crippen LogP contribution in [0.3, 0.4) is 0 Å². The molecule has 0 bridgehead atoms. The summed E-state index contributed by atoms with van der Waals surface area (Å²) in [6.07, 6.45) is 9.96. The van der Waals surface area contributed by atoms with E-state index in [1.165, 1.54) is 44.9 Å². The van der Waals surface area contributed by atoms with Gasteiger partial charge in [0.05, 0.1) is 6.10 Å². The molecule has 0 radical (unpaired) electrons. The van der Waals surface area contributed by atoms with Crippen molar-refractivity contribution in [2.75, 3.05) is 13.2 Å². The van der Waals surface area contributed by atoms with Crippen molar-refractivity contribution in [3.63, 3.8) is 0 Å². The van der Waals surface area contributed by atoms with Gasteiger partial charge < -0.3 is 10.1 Å². The van der Waals surface area contributed by atoms with E-state index in [0.29, 0.717) is 6.10 Å². The average Bonchev–Trinajstić information content (AvgIpc) is 3.09. The van der Waals surface area contributed by atoms with E-state index in [-0.39, 0.29) is 0 Å². The Labute approximate surface area is 93.8 Å². The molecule has 2 rings (SSSR count). The molecular formula is C13H25NO. The number of rotatable bonds is 6. The maximum Gasteiger partial charge on any atom is 0.0699 e. The molecule has 0 amide bonds. The summed E-state index contributed by atoms with van der Waals surface area (Å²) in [4.78, 5) is 0. The lowest BCUT2D eigenvalue weighted by atomic mass is 10.1. The van der Waals surface area contributed by atoms with Crippen LogP contribution < -0.4 is 5.32 Å². The van der Waals surface area contributed by atoms with E-state index in [1.807, 2.05) is 0 Å². The van der Waals surface area contributed by atoms with Crippen molar-refractivity contribution in [1.29, 1.82) is 0 Å². The second-order valence-electron chi connectivity index (χ2n) is 5.18. The van der Waals surface area contributed by atoms with Gasteiger partial charge in [0.1, 0.15) is 0 Å². The molecule has 15 heavy (non-hydrogen) atoms. The Hall–Kier alpha value is -0.0800. The molecule has 0 aromatic carbocycles. The Bertz CT molecular complexity index is 173. The molecule has 2 fully saturated rings. The van der Waals surface area contributed by atoms with E-state index in [1.54, 1.807) is 0 Å². The molecule has 0 aromatic rings. The summed E-state index contributed by atoms with van der Waals surface area (Å²) in [6, 6.07) is 0.739. The first-order chi connectivity index (χ1) is 7.38. The van der Waals surface area contributed by atoms with Gasteiger partial charge in [-0.1, -0.05) is 19.8 Å². The van der Waals surface area contributed by atoms with Crippen LogP contribution in [0.15, 0.2) is 0 Å². The van der Waals surface area contributed by atoms with Crippen LogP contribution in [0.4, 0.5) is 0 Å². The Kier molecular flexibility index (Phi) is 4.45. The van der Waals surface area contributed by atoms with E-state index < -0.39 is 0 Å². The predicted molar refractivity (Wildman–Crippen MR) is 63.0 cm³/mol. The van der Waals surface area contributed by atoms with Crippen LogP contribution in [0, 0.1) is 5.92 Å². The van der Waals surface area contributed by atoms with Gasteiger partial charge in [0.2, 0.25) is 0 Å². The highest BCUT2D eigenvalue weighted by Gasteiger charge is 2.25. The van der Waals surface area contributed by atoms with Crippen molar-refractivity contribution >= 4 is 0 Å². The highest BCUT2D eigenvalue weighted by molar-refractivity contribution is 4.80. The van der Waals surface area contributed by atoms with Crippen molar-refractivity contribution in [2.45, 2.75) is 64.0 Å². The molecule has 0 spiro atoms. The molecule has 1 saturated heterocycles. The molecule has 1 aliphatic carbocycles. The van der Waals surface area contributed by atoms with Crippen LogP contribution in [0.25, 0.3) is 0 Å². The molecule has 2 unspecified atom stereocenters. The number of nitrogens with one attached hydrogen (secondary N) is 1. The molecule has 1 heterocycles. The number of ether oxygens (including phenoxy) is 1. The third-order valence-electron chi connectivity index (χ3n) is 3.72. The SMILES string of the molecule is CCC(CC1CC1)NCC1CCCCO1. The van der Waals surface area contributed by atoms with Gasteiger partial charge in [-0.15, -0.1) is 0 Å². The van der Waals surface area contributed by atoms with Gasteiger partial charge >= 0.3 is 0 Å². The molecule has 2 heteroatoms. The van der Waals surface area contributed by atoms with Crippen LogP contribution in [-0.2, 0) is 4.74 Å². The topological polar surface area (TPSA) is 21.3 Å². The quantitative estimate of drug-likeness (QED) is 0.729. The first-order valence-corrected chi connectivity index (χ1v) is 6.73. The average molecular weight is 211 g/mol. The Balaban J connectivity index is 1.60. The summed E-state index contributed by atoms with van der Waals surface area (Å²) in [5, 5.41) is 3.69. The fourth-order valence-electron chi connectivity index (χ4n) is 2.42. The van der Waals surface area contributed by atoms with Crippen molar-refractivity contribution < 1.29 is 4.74 Å². The maximum atomic E-state index is 5.73. The fraction of sp³-hybridized carbons (Fsp3) is 1.00. The molecule has 1 aliphatic heterocycles. The maximum absolute atomic E-state index is 5.73. The van der Waals surface area contributed by atoms with Crippen molar-refractivity contribution in [3.8, 4) is 0 Å². The molecule has 1 N–H and O–H groups in total. The van der Waals surface area contributed by atoms with Crippen molar-refractivity contribution in [3.05, 3.63) is 0 Å². The van der Waals surface area contributed by atoms with Gasteiger partial charge in [-0.05, 0) is 38.0 Å². The Morgan fingerprint density at radius 2 is 2.13 bits per heavy atom. The lowest BCUT2D eigenvalue weighted by Gasteiger charge is -2.25. The minimum absolute atomic E-state index is 0.493. The minimum Gasteiger partial charge on any atom is -0.377 e. The van der Waals surface area contributed by atoms with Crippen LogP contribution in [0.1, 0.15) is 51.9 Å². The third-order valence-corrected chi connectivity index (χ3v) is 3.72. The molecule has 2 atom stereocenters. The Morgan fingerprint density at radius 1 is 1.27 bits per heavy atom. The van der Waals surface area contributed by atoms with Crippen LogP contribution >= 0.6 is 0 Å². The minimum atomic E-state index is 0.493. The van der Waals surface area contributed by atoms with Gasteiger partial charge in [-0.3, -0.25) is 0 Å². The summed E-state index contributed by atoms with van der Waals surface area (Å²) in [7, 11) is 0. The highest BCUT2D eigenvalue weighted by atomic mass is 16.5. The summed E-state index contributed by atoms with van der Waals surface area (Å²) >= 11 is 0. The summed E-state index contributed by atoms with van der Waals surface area (Å²) < 4.78 is 5.73. The smallest absolute Gasteiger partial charge is 0.0699 e. The Morgan fingerprint density at radius 3 is 2.73 bits per heavy atom. The van der Waals surface area contributed by atoms with E-state index in [4.69, 9.17) is 4.74 Å². The molecule has 88 valence electrons. The highest BCUT2D eigenvalue weighted by Crippen LogP contribution is 2.34. The zero-order valence-electron chi connectivity index (χ0n) is 10.0. The number of hydrogen-bond donors (Lipinski definition) is 1. The van der Waals surface area contributed by atoms with E-state index in [0.717, 1.165) is 25.1 Å². The summed E-state index contributed by atoms with van der Waals surface area (Å²) in [5.41, 5.74) is 0. The standard InChI is InChI=1S/C13H25NO/c1-2-12(9-11-6-7-11)14-10-13-5-3-4-8-15-13/h11-14H,2-10H2,1H3. The van der Waals surface area contributed by atoms with Crippen LogP contribution in [0.5, 0.6) is 0 Å². The van der Waals surface area contributed by atoms with Gasteiger partial charge in [-0.25, -0.2) is 0 Å². The lowest BCUT2D eigenvalue weighted by Crippen LogP contribution is -2.38. The lowest BCUT2D eigenvalue weighted by molar-refractivity contribution is 0.0150. The molecule has 2 nitrogen and oxygen atoms in total. The zero-order valence-corrected chi connectivity index (χ0v) is 10.0. The predicted octanol–water partition coefficient (Wildman–Crippen LogP) is 2.72. The number of hydrogen-bond acceptors (Lipinski definition) is 2. The van der Waals surface area contributed by atoms with Gasteiger partial charge in [0.25, 0.3) is 0 Å². The zero-order chi connectivity index (χ0) is 10.5. The molecule has 0 aromatic heterocycles. The second-order valence-corrected chi connectivity index (χ2v) is 5.18. The summed E-state index contributed by atoms with van der Waals surface area (Å²) in [6.45, 7) is 4.35. The third kappa shape index (κ3) is 4.12. The first-order valence-electron chi connectivity index (χ1n) is 6.73. The van der Waals surface area contributed by atoms with E-state index in [9.17, 15) is 0 Å². The van der Waals surface area contributed by atoms with Crippen molar-refractivity contribution in [1.82, 2.24) is 5.32 Å². The van der Waals surface area contributed by atoms with Gasteiger partial charge in [0.15, 0.2) is 0 Å². The molecular weight excluding hydrogens is 186 g/mol. The fourth-order valence-corrected chi connectivity index (χ4v) is 2.42. The monoisotopic (exact) mass is 211 g/mol. The van der Waals surface area contributed by atoms with E-state index >= 15 is 0 Å². The first kappa shape index (κ1) is 11.4. The second kappa shape index (κ2) is 5.86. The normalized spacial score (nSPS) is 29.0. The van der Waals surface area contributed by atoms with Crippen LogP contribution in [-0.4, -0.2) is 25.3 Å². The van der Waals surface area contributed by atoms with Crippen molar-refractivity contribution in [2.24, 2.45) is 5.92 Å².